The minimum atomic E-state index is -0.613. The summed E-state index contributed by atoms with van der Waals surface area (Å²) in [7, 11) is 0. The van der Waals surface area contributed by atoms with Crippen LogP contribution in [0.3, 0.4) is 0 Å². The Morgan fingerprint density at radius 1 is 1.57 bits per heavy atom. The standard InChI is InChI=1S/C4H9NO2/c1-3(5-7)4(2)6/h3-4,6H,1-2H3/t3-,4-/m0/s1. The molecule has 0 aromatic rings. The third-order valence-corrected chi connectivity index (χ3v) is 0.864. The van der Waals surface area contributed by atoms with Crippen LogP contribution in [0.2, 0.25) is 0 Å². The molecule has 0 rings (SSSR count). The van der Waals surface area contributed by atoms with Crippen LogP contribution in [0.5, 0.6) is 0 Å². The van der Waals surface area contributed by atoms with E-state index in [-0.39, 0.29) is 0 Å². The Morgan fingerprint density at radius 2 is 2.00 bits per heavy atom. The van der Waals surface area contributed by atoms with E-state index in [0.717, 1.165) is 0 Å². The molecule has 0 aliphatic carbocycles. The number of aliphatic hydroxyl groups is 1. The van der Waals surface area contributed by atoms with Gasteiger partial charge >= 0.3 is 0 Å². The van der Waals surface area contributed by atoms with Crippen LogP contribution in [0.25, 0.3) is 0 Å². The van der Waals surface area contributed by atoms with Gasteiger partial charge in [-0.15, -0.1) is 0 Å². The van der Waals surface area contributed by atoms with Crippen LogP contribution < -0.4 is 0 Å². The van der Waals surface area contributed by atoms with E-state index in [9.17, 15) is 4.91 Å². The quantitative estimate of drug-likeness (QED) is 0.518. The molecule has 0 spiro atoms. The number of nitrogens with zero attached hydrogens (tertiary/aromatic N) is 1. The molecule has 2 atom stereocenters. The highest BCUT2D eigenvalue weighted by Crippen LogP contribution is 1.93. The number of nitroso groups, excluding NO2 is 1. The van der Waals surface area contributed by atoms with Crippen molar-refractivity contribution in [2.45, 2.75) is 26.0 Å². The van der Waals surface area contributed by atoms with Gasteiger partial charge < -0.3 is 5.11 Å². The van der Waals surface area contributed by atoms with Gasteiger partial charge in [-0.05, 0) is 13.8 Å². The summed E-state index contributed by atoms with van der Waals surface area (Å²) >= 11 is 0. The van der Waals surface area contributed by atoms with E-state index >= 15 is 0 Å². The lowest BCUT2D eigenvalue weighted by Crippen LogP contribution is -2.15. The normalized spacial score (nSPS) is 18.1. The molecule has 3 heteroatoms. The fourth-order valence-electron chi connectivity index (χ4n) is 0.0881. The smallest absolute Gasteiger partial charge is 0.115 e. The predicted octanol–water partition coefficient (Wildman–Crippen LogP) is 0.522. The highest BCUT2D eigenvalue weighted by atomic mass is 16.3. The highest BCUT2D eigenvalue weighted by Gasteiger charge is 2.05. The van der Waals surface area contributed by atoms with Gasteiger partial charge in [0.15, 0.2) is 0 Å². The Kier molecular flexibility index (Phi) is 2.52. The molecule has 0 radical (unpaired) electrons. The molecule has 0 aliphatic rings. The van der Waals surface area contributed by atoms with E-state index in [0.29, 0.717) is 0 Å². The van der Waals surface area contributed by atoms with Crippen LogP contribution in [-0.4, -0.2) is 17.3 Å². The number of rotatable bonds is 2. The van der Waals surface area contributed by atoms with Crippen LogP contribution in [0, 0.1) is 4.91 Å². The predicted molar refractivity (Wildman–Crippen MR) is 26.9 cm³/mol. The Morgan fingerprint density at radius 3 is 2.00 bits per heavy atom. The molecule has 3 nitrogen and oxygen atoms in total. The van der Waals surface area contributed by atoms with E-state index in [1.165, 1.54) is 6.92 Å². The van der Waals surface area contributed by atoms with E-state index in [1.807, 2.05) is 0 Å². The van der Waals surface area contributed by atoms with Crippen molar-refractivity contribution in [3.05, 3.63) is 4.91 Å². The molecule has 0 saturated heterocycles. The zero-order valence-corrected chi connectivity index (χ0v) is 4.46. The molecule has 0 amide bonds. The summed E-state index contributed by atoms with van der Waals surface area (Å²) in [5, 5.41) is 11.1. The van der Waals surface area contributed by atoms with Gasteiger partial charge in [0.2, 0.25) is 0 Å². The van der Waals surface area contributed by atoms with Gasteiger partial charge in [0, 0.05) is 0 Å². The highest BCUT2D eigenvalue weighted by molar-refractivity contribution is 4.63. The average molecular weight is 103 g/mol. The van der Waals surface area contributed by atoms with E-state index in [2.05, 4.69) is 5.18 Å². The Labute approximate surface area is 42.3 Å². The monoisotopic (exact) mass is 103 g/mol. The maximum Gasteiger partial charge on any atom is 0.115 e. The fourth-order valence-corrected chi connectivity index (χ4v) is 0.0881. The molecule has 0 unspecified atom stereocenters. The molecular weight excluding hydrogens is 94.0 g/mol. The van der Waals surface area contributed by atoms with Crippen molar-refractivity contribution >= 4 is 0 Å². The summed E-state index contributed by atoms with van der Waals surface area (Å²) in [5.74, 6) is 0. The molecule has 0 aromatic heterocycles. The topological polar surface area (TPSA) is 49.7 Å². The minimum absolute atomic E-state index is 0.472. The zero-order valence-electron chi connectivity index (χ0n) is 4.46. The number of hydrogen-bond acceptors (Lipinski definition) is 3. The summed E-state index contributed by atoms with van der Waals surface area (Å²) in [6.45, 7) is 3.10. The molecule has 7 heavy (non-hydrogen) atoms. The van der Waals surface area contributed by atoms with Crippen molar-refractivity contribution in [2.75, 3.05) is 0 Å². The van der Waals surface area contributed by atoms with Gasteiger partial charge in [0.25, 0.3) is 0 Å². The summed E-state index contributed by atoms with van der Waals surface area (Å²) in [6.07, 6.45) is -0.613. The van der Waals surface area contributed by atoms with Crippen LogP contribution in [0.15, 0.2) is 5.18 Å². The van der Waals surface area contributed by atoms with Crippen molar-refractivity contribution in [3.63, 3.8) is 0 Å². The molecule has 0 fully saturated rings. The molecule has 0 aliphatic heterocycles. The first-order valence-corrected chi connectivity index (χ1v) is 2.19. The van der Waals surface area contributed by atoms with Crippen LogP contribution in [0.4, 0.5) is 0 Å². The molecule has 0 aromatic carbocycles. The summed E-state index contributed by atoms with van der Waals surface area (Å²) in [4.78, 5) is 9.54. The van der Waals surface area contributed by atoms with E-state index in [1.54, 1.807) is 6.92 Å². The second-order valence-electron chi connectivity index (χ2n) is 1.59. The van der Waals surface area contributed by atoms with Crippen molar-refractivity contribution in [2.24, 2.45) is 5.18 Å². The largest absolute Gasteiger partial charge is 0.391 e. The molecule has 0 saturated carbocycles. The minimum Gasteiger partial charge on any atom is -0.391 e. The summed E-state index contributed by atoms with van der Waals surface area (Å²) < 4.78 is 0. The Balaban J connectivity index is 3.33. The van der Waals surface area contributed by atoms with Crippen molar-refractivity contribution < 1.29 is 5.11 Å². The van der Waals surface area contributed by atoms with Crippen molar-refractivity contribution in [3.8, 4) is 0 Å². The first-order valence-electron chi connectivity index (χ1n) is 2.19. The summed E-state index contributed by atoms with van der Waals surface area (Å²) in [6, 6.07) is -0.472. The Hall–Kier alpha value is -0.440. The third-order valence-electron chi connectivity index (χ3n) is 0.864. The third kappa shape index (κ3) is 2.28. The zero-order chi connectivity index (χ0) is 5.86. The second kappa shape index (κ2) is 2.69. The second-order valence-corrected chi connectivity index (χ2v) is 1.59. The maximum atomic E-state index is 9.54. The van der Waals surface area contributed by atoms with Gasteiger partial charge in [0.05, 0.1) is 6.10 Å². The first-order chi connectivity index (χ1) is 3.18. The lowest BCUT2D eigenvalue weighted by molar-refractivity contribution is 0.171. The average Bonchev–Trinajstić information content (AvgIpc) is 1.65. The van der Waals surface area contributed by atoms with Gasteiger partial charge in [-0.25, -0.2) is 0 Å². The molecular formula is C4H9NO2. The summed E-state index contributed by atoms with van der Waals surface area (Å²) in [5.41, 5.74) is 0. The Bertz CT molecular complexity index is 62.7. The van der Waals surface area contributed by atoms with Gasteiger partial charge in [-0.3, -0.25) is 0 Å². The lowest BCUT2D eigenvalue weighted by Gasteiger charge is -2.01. The number of hydrogen-bond donors (Lipinski definition) is 1. The van der Waals surface area contributed by atoms with Crippen molar-refractivity contribution in [1.29, 1.82) is 0 Å². The fraction of sp³-hybridized carbons (Fsp3) is 1.00. The number of aliphatic hydroxyl groups excluding tert-OH is 1. The van der Waals surface area contributed by atoms with Crippen LogP contribution >= 0.6 is 0 Å². The molecule has 42 valence electrons. The van der Waals surface area contributed by atoms with Crippen molar-refractivity contribution in [1.82, 2.24) is 0 Å². The molecule has 0 heterocycles. The van der Waals surface area contributed by atoms with Crippen LogP contribution in [-0.2, 0) is 0 Å². The molecule has 0 bridgehead atoms. The van der Waals surface area contributed by atoms with Gasteiger partial charge in [-0.1, -0.05) is 5.18 Å². The SMILES string of the molecule is C[C@H](O)[C@H](C)N=O. The maximum absolute atomic E-state index is 9.54. The van der Waals surface area contributed by atoms with Crippen LogP contribution in [0.1, 0.15) is 13.8 Å². The van der Waals surface area contributed by atoms with E-state index in [4.69, 9.17) is 5.11 Å². The van der Waals surface area contributed by atoms with E-state index < -0.39 is 12.1 Å². The van der Waals surface area contributed by atoms with Gasteiger partial charge in [-0.2, -0.15) is 4.91 Å². The van der Waals surface area contributed by atoms with Gasteiger partial charge in [0.1, 0.15) is 6.04 Å². The first kappa shape index (κ1) is 6.56. The molecule has 1 N–H and O–H groups in total. The lowest BCUT2D eigenvalue weighted by atomic mass is 10.2.